The molecule has 3 rings (SSSR count). The molecule has 1 saturated heterocycles. The Hall–Kier alpha value is -1.73. The minimum atomic E-state index is -0.313. The van der Waals surface area contributed by atoms with Gasteiger partial charge in [0.15, 0.2) is 0 Å². The van der Waals surface area contributed by atoms with Gasteiger partial charge in [0.05, 0.1) is 18.1 Å². The molecule has 1 amide bonds. The van der Waals surface area contributed by atoms with Crippen LogP contribution in [0.3, 0.4) is 0 Å². The number of thiophene rings is 1. The molecular formula is C15H19N3O3S. The molecule has 22 heavy (non-hydrogen) atoms. The normalized spacial score (nSPS) is 18.9. The highest BCUT2D eigenvalue weighted by Crippen LogP contribution is 2.29. The summed E-state index contributed by atoms with van der Waals surface area (Å²) >= 11 is 1.55. The predicted molar refractivity (Wildman–Crippen MR) is 82.0 cm³/mol. The lowest BCUT2D eigenvalue weighted by Gasteiger charge is -2.33. The van der Waals surface area contributed by atoms with Gasteiger partial charge in [-0.25, -0.2) is 0 Å². The standard InChI is InChI=1S/C15H19N3O3S/c1-9(2)12-4-5-13(22-12)15(19)18-6-7-20-8-11(18)14-17-16-10(3)21-14/h4-5,9,11H,6-8H2,1-3H3. The zero-order valence-electron chi connectivity index (χ0n) is 12.9. The highest BCUT2D eigenvalue weighted by molar-refractivity contribution is 7.14. The van der Waals surface area contributed by atoms with E-state index in [2.05, 4.69) is 24.0 Å². The molecular weight excluding hydrogens is 302 g/mol. The van der Waals surface area contributed by atoms with Crippen molar-refractivity contribution in [3.05, 3.63) is 33.7 Å². The highest BCUT2D eigenvalue weighted by atomic mass is 32.1. The van der Waals surface area contributed by atoms with E-state index in [4.69, 9.17) is 9.15 Å². The fraction of sp³-hybridized carbons (Fsp3) is 0.533. The molecule has 1 unspecified atom stereocenters. The molecule has 1 atom stereocenters. The van der Waals surface area contributed by atoms with Gasteiger partial charge in [0.2, 0.25) is 11.8 Å². The van der Waals surface area contributed by atoms with Crippen molar-refractivity contribution in [3.63, 3.8) is 0 Å². The number of aromatic nitrogens is 2. The summed E-state index contributed by atoms with van der Waals surface area (Å²) < 4.78 is 11.0. The summed E-state index contributed by atoms with van der Waals surface area (Å²) in [6.07, 6.45) is 0. The van der Waals surface area contributed by atoms with Crippen molar-refractivity contribution in [1.82, 2.24) is 15.1 Å². The fourth-order valence-corrected chi connectivity index (χ4v) is 3.38. The van der Waals surface area contributed by atoms with Crippen molar-refractivity contribution >= 4 is 17.2 Å². The van der Waals surface area contributed by atoms with Gasteiger partial charge in [0.25, 0.3) is 5.91 Å². The third-order valence-corrected chi connectivity index (χ3v) is 5.00. The third-order valence-electron chi connectivity index (χ3n) is 3.62. The maximum atomic E-state index is 12.8. The maximum absolute atomic E-state index is 12.8. The molecule has 1 fully saturated rings. The van der Waals surface area contributed by atoms with Crippen LogP contribution in [-0.4, -0.2) is 40.8 Å². The second-order valence-electron chi connectivity index (χ2n) is 5.61. The largest absolute Gasteiger partial charge is 0.423 e. The Kier molecular flexibility index (Phi) is 4.26. The molecule has 0 aromatic carbocycles. The summed E-state index contributed by atoms with van der Waals surface area (Å²) in [4.78, 5) is 16.5. The van der Waals surface area contributed by atoms with Crippen LogP contribution in [-0.2, 0) is 4.74 Å². The van der Waals surface area contributed by atoms with E-state index in [1.54, 1.807) is 23.2 Å². The molecule has 1 aliphatic rings. The summed E-state index contributed by atoms with van der Waals surface area (Å²) in [7, 11) is 0. The first-order chi connectivity index (χ1) is 10.6. The van der Waals surface area contributed by atoms with Gasteiger partial charge in [-0.05, 0) is 18.1 Å². The molecule has 1 aliphatic heterocycles. The van der Waals surface area contributed by atoms with Gasteiger partial charge in [-0.2, -0.15) is 0 Å². The molecule has 0 bridgehead atoms. The molecule has 3 heterocycles. The van der Waals surface area contributed by atoms with Crippen LogP contribution in [0.4, 0.5) is 0 Å². The lowest BCUT2D eigenvalue weighted by molar-refractivity contribution is -0.0104. The van der Waals surface area contributed by atoms with Gasteiger partial charge < -0.3 is 14.1 Å². The van der Waals surface area contributed by atoms with Crippen LogP contribution in [0.2, 0.25) is 0 Å². The van der Waals surface area contributed by atoms with E-state index in [0.717, 1.165) is 4.88 Å². The Labute approximate surface area is 133 Å². The molecule has 6 nitrogen and oxygen atoms in total. The van der Waals surface area contributed by atoms with Crippen molar-refractivity contribution in [1.29, 1.82) is 0 Å². The monoisotopic (exact) mass is 321 g/mol. The summed E-state index contributed by atoms with van der Waals surface area (Å²) in [6.45, 7) is 7.42. The molecule has 0 radical (unpaired) electrons. The van der Waals surface area contributed by atoms with Gasteiger partial charge >= 0.3 is 0 Å². The number of ether oxygens (including phenoxy) is 1. The van der Waals surface area contributed by atoms with Gasteiger partial charge in [-0.3, -0.25) is 4.79 Å². The Morgan fingerprint density at radius 1 is 1.41 bits per heavy atom. The van der Waals surface area contributed by atoms with Crippen LogP contribution in [0.1, 0.15) is 52.1 Å². The van der Waals surface area contributed by atoms with Gasteiger partial charge in [0, 0.05) is 18.3 Å². The number of aryl methyl sites for hydroxylation is 1. The van der Waals surface area contributed by atoms with E-state index < -0.39 is 0 Å². The Bertz CT molecular complexity index is 665. The fourth-order valence-electron chi connectivity index (χ4n) is 2.42. The zero-order chi connectivity index (χ0) is 15.7. The molecule has 2 aromatic rings. The first kappa shape index (κ1) is 15.2. The molecule has 0 spiro atoms. The maximum Gasteiger partial charge on any atom is 0.264 e. The smallest absolute Gasteiger partial charge is 0.264 e. The van der Waals surface area contributed by atoms with Crippen molar-refractivity contribution in [3.8, 4) is 0 Å². The van der Waals surface area contributed by atoms with Crippen LogP contribution < -0.4 is 0 Å². The summed E-state index contributed by atoms with van der Waals surface area (Å²) in [5.41, 5.74) is 0. The number of morpholine rings is 1. The third kappa shape index (κ3) is 2.91. The Balaban J connectivity index is 1.84. The Morgan fingerprint density at radius 2 is 2.23 bits per heavy atom. The first-order valence-corrected chi connectivity index (χ1v) is 8.16. The number of carbonyl (C=O) groups excluding carboxylic acids is 1. The zero-order valence-corrected chi connectivity index (χ0v) is 13.7. The van der Waals surface area contributed by atoms with E-state index in [0.29, 0.717) is 37.5 Å². The molecule has 0 saturated carbocycles. The summed E-state index contributed by atoms with van der Waals surface area (Å²) in [6, 6.07) is 3.61. The second-order valence-corrected chi connectivity index (χ2v) is 6.72. The lowest BCUT2D eigenvalue weighted by atomic mass is 10.2. The van der Waals surface area contributed by atoms with Gasteiger partial charge in [-0.15, -0.1) is 21.5 Å². The topological polar surface area (TPSA) is 68.5 Å². The average Bonchev–Trinajstić information content (AvgIpc) is 3.15. The van der Waals surface area contributed by atoms with Crippen molar-refractivity contribution in [2.45, 2.75) is 32.7 Å². The average molecular weight is 321 g/mol. The second kappa shape index (κ2) is 6.18. The van der Waals surface area contributed by atoms with E-state index in [1.165, 1.54) is 4.88 Å². The lowest BCUT2D eigenvalue weighted by Crippen LogP contribution is -2.43. The van der Waals surface area contributed by atoms with Crippen molar-refractivity contribution in [2.24, 2.45) is 0 Å². The van der Waals surface area contributed by atoms with Gasteiger partial charge in [0.1, 0.15) is 6.04 Å². The summed E-state index contributed by atoms with van der Waals surface area (Å²) in [5.74, 6) is 1.35. The van der Waals surface area contributed by atoms with E-state index in [9.17, 15) is 4.79 Å². The molecule has 2 aromatic heterocycles. The molecule has 7 heteroatoms. The van der Waals surface area contributed by atoms with E-state index >= 15 is 0 Å². The predicted octanol–water partition coefficient (Wildman–Crippen LogP) is 2.78. The minimum Gasteiger partial charge on any atom is -0.423 e. The first-order valence-electron chi connectivity index (χ1n) is 7.34. The van der Waals surface area contributed by atoms with E-state index in [-0.39, 0.29) is 11.9 Å². The SMILES string of the molecule is Cc1nnc(C2COCCN2C(=O)c2ccc(C(C)C)s2)o1. The molecule has 0 N–H and O–H groups in total. The number of nitrogens with zero attached hydrogens (tertiary/aromatic N) is 3. The highest BCUT2D eigenvalue weighted by Gasteiger charge is 2.33. The van der Waals surface area contributed by atoms with E-state index in [1.807, 2.05) is 12.1 Å². The van der Waals surface area contributed by atoms with Crippen LogP contribution in [0.25, 0.3) is 0 Å². The number of hydrogen-bond acceptors (Lipinski definition) is 6. The van der Waals surface area contributed by atoms with Crippen molar-refractivity contribution in [2.75, 3.05) is 19.8 Å². The Morgan fingerprint density at radius 3 is 2.86 bits per heavy atom. The summed E-state index contributed by atoms with van der Waals surface area (Å²) in [5, 5.41) is 7.89. The van der Waals surface area contributed by atoms with Crippen LogP contribution in [0.5, 0.6) is 0 Å². The quantitative estimate of drug-likeness (QED) is 0.869. The van der Waals surface area contributed by atoms with Crippen LogP contribution in [0, 0.1) is 6.92 Å². The minimum absolute atomic E-state index is 0.000975. The molecule has 0 aliphatic carbocycles. The number of hydrogen-bond donors (Lipinski definition) is 0. The van der Waals surface area contributed by atoms with Crippen LogP contribution >= 0.6 is 11.3 Å². The van der Waals surface area contributed by atoms with Crippen molar-refractivity contribution < 1.29 is 13.9 Å². The van der Waals surface area contributed by atoms with Crippen LogP contribution in [0.15, 0.2) is 16.5 Å². The molecule has 118 valence electrons. The number of rotatable bonds is 3. The van der Waals surface area contributed by atoms with Gasteiger partial charge in [-0.1, -0.05) is 13.8 Å². The number of amides is 1. The number of carbonyl (C=O) groups is 1.